The molecule has 8 heteroatoms. The fraction of sp³-hybridized carbons (Fsp3) is 0.632. The Morgan fingerprint density at radius 3 is 2.52 bits per heavy atom. The molecule has 2 rings (SSSR count). The van der Waals surface area contributed by atoms with Gasteiger partial charge in [-0.15, -0.1) is 24.0 Å². The van der Waals surface area contributed by atoms with Gasteiger partial charge in [0.15, 0.2) is 15.8 Å². The van der Waals surface area contributed by atoms with Crippen molar-refractivity contribution in [2.45, 2.75) is 38.4 Å². The van der Waals surface area contributed by atoms with Crippen LogP contribution in [0.5, 0.6) is 5.75 Å². The summed E-state index contributed by atoms with van der Waals surface area (Å²) in [6.07, 6.45) is 1.89. The number of benzene rings is 1. The van der Waals surface area contributed by atoms with Gasteiger partial charge in [0.2, 0.25) is 0 Å². The molecule has 0 bridgehead atoms. The molecule has 6 nitrogen and oxygen atoms in total. The van der Waals surface area contributed by atoms with Crippen molar-refractivity contribution in [3.05, 3.63) is 29.8 Å². The van der Waals surface area contributed by atoms with Crippen molar-refractivity contribution < 1.29 is 13.2 Å². The maximum absolute atomic E-state index is 12.2. The number of aryl methyl sites for hydroxylation is 1. The quantitative estimate of drug-likeness (QED) is 0.277. The van der Waals surface area contributed by atoms with Crippen molar-refractivity contribution in [2.24, 2.45) is 4.99 Å². The van der Waals surface area contributed by atoms with E-state index in [1.165, 1.54) is 5.56 Å². The van der Waals surface area contributed by atoms with Crippen molar-refractivity contribution in [3.8, 4) is 5.75 Å². The van der Waals surface area contributed by atoms with Crippen LogP contribution in [0.25, 0.3) is 0 Å². The monoisotopic (exact) mass is 509 g/mol. The van der Waals surface area contributed by atoms with Crippen LogP contribution in [-0.4, -0.2) is 63.1 Å². The van der Waals surface area contributed by atoms with Crippen molar-refractivity contribution in [3.63, 3.8) is 0 Å². The van der Waals surface area contributed by atoms with Gasteiger partial charge in [0, 0.05) is 26.2 Å². The Morgan fingerprint density at radius 2 is 1.96 bits per heavy atom. The van der Waals surface area contributed by atoms with Gasteiger partial charge in [0.1, 0.15) is 5.75 Å². The summed E-state index contributed by atoms with van der Waals surface area (Å²) in [6.45, 7) is 8.05. The predicted molar refractivity (Wildman–Crippen MR) is 122 cm³/mol. The number of hydrogen-bond donors (Lipinski definition) is 1. The summed E-state index contributed by atoms with van der Waals surface area (Å²) in [7, 11) is -1.38. The maximum Gasteiger partial charge on any atom is 0.193 e. The third-order valence-electron chi connectivity index (χ3n) is 4.72. The Bertz CT molecular complexity index is 718. The fourth-order valence-electron chi connectivity index (χ4n) is 3.01. The Hall–Kier alpha value is -1.03. The van der Waals surface area contributed by atoms with Gasteiger partial charge >= 0.3 is 0 Å². The number of rotatable bonds is 6. The van der Waals surface area contributed by atoms with Gasteiger partial charge in [0.05, 0.1) is 17.6 Å². The lowest BCUT2D eigenvalue weighted by atomic mass is 10.1. The minimum absolute atomic E-state index is 0. The van der Waals surface area contributed by atoms with Crippen LogP contribution >= 0.6 is 24.0 Å². The van der Waals surface area contributed by atoms with Crippen molar-refractivity contribution in [1.82, 2.24) is 10.2 Å². The lowest BCUT2D eigenvalue weighted by molar-refractivity contribution is 0.353. The summed E-state index contributed by atoms with van der Waals surface area (Å²) in [5.41, 5.74) is 1.26. The molecule has 1 heterocycles. The lowest BCUT2D eigenvalue weighted by Crippen LogP contribution is -2.57. The van der Waals surface area contributed by atoms with E-state index in [1.54, 1.807) is 21.0 Å². The van der Waals surface area contributed by atoms with Crippen LogP contribution in [0, 0.1) is 0 Å². The summed E-state index contributed by atoms with van der Waals surface area (Å²) in [6, 6.07) is 8.09. The van der Waals surface area contributed by atoms with E-state index in [2.05, 4.69) is 22.3 Å². The topological polar surface area (TPSA) is 71.0 Å². The van der Waals surface area contributed by atoms with E-state index in [9.17, 15) is 8.42 Å². The molecule has 1 fully saturated rings. The largest absolute Gasteiger partial charge is 0.497 e. The number of nitrogens with one attached hydrogen (secondary N) is 1. The Kier molecular flexibility index (Phi) is 9.33. The van der Waals surface area contributed by atoms with Gasteiger partial charge in [-0.3, -0.25) is 4.99 Å². The molecule has 0 atom stereocenters. The molecular weight excluding hydrogens is 477 g/mol. The van der Waals surface area contributed by atoms with E-state index in [0.717, 1.165) is 31.1 Å². The van der Waals surface area contributed by atoms with E-state index in [1.807, 2.05) is 19.1 Å². The highest BCUT2D eigenvalue weighted by atomic mass is 127. The van der Waals surface area contributed by atoms with Crippen LogP contribution in [-0.2, 0) is 16.3 Å². The molecule has 1 aromatic rings. The number of halogens is 1. The van der Waals surface area contributed by atoms with Crippen molar-refractivity contribution in [2.75, 3.05) is 39.0 Å². The first-order valence-corrected chi connectivity index (χ1v) is 10.8. The minimum atomic E-state index is -3.04. The zero-order valence-electron chi connectivity index (χ0n) is 16.7. The molecule has 1 aromatic carbocycles. The normalized spacial score (nSPS) is 18.5. The summed E-state index contributed by atoms with van der Waals surface area (Å²) in [5.74, 6) is 1.85. The average molecular weight is 509 g/mol. The smallest absolute Gasteiger partial charge is 0.193 e. The first kappa shape index (κ1) is 24.0. The SMILES string of the molecule is CCNC(=NCCCc1ccc(OC)cc1)N1CCS(=O)(=O)C(C)(C)C1.I. The summed E-state index contributed by atoms with van der Waals surface area (Å²) < 4.78 is 28.8. The third kappa shape index (κ3) is 6.51. The fourth-order valence-corrected chi connectivity index (χ4v) is 4.38. The molecule has 1 saturated heterocycles. The van der Waals surface area contributed by atoms with Crippen LogP contribution in [0.15, 0.2) is 29.3 Å². The molecule has 1 aliphatic heterocycles. The van der Waals surface area contributed by atoms with Gasteiger partial charge in [0.25, 0.3) is 0 Å². The van der Waals surface area contributed by atoms with E-state index >= 15 is 0 Å². The number of ether oxygens (including phenoxy) is 1. The summed E-state index contributed by atoms with van der Waals surface area (Å²) >= 11 is 0. The second kappa shape index (κ2) is 10.5. The van der Waals surface area contributed by atoms with Crippen LogP contribution < -0.4 is 10.1 Å². The molecule has 1 aliphatic rings. The first-order chi connectivity index (χ1) is 12.3. The van der Waals surface area contributed by atoms with E-state index in [-0.39, 0.29) is 29.7 Å². The summed E-state index contributed by atoms with van der Waals surface area (Å²) in [4.78, 5) is 6.78. The number of methoxy groups -OCH3 is 1. The molecule has 154 valence electrons. The molecule has 0 aliphatic carbocycles. The standard InChI is InChI=1S/C19H31N3O3S.HI/c1-5-20-18(22-13-14-26(23,24)19(2,3)15-22)21-12-6-7-16-8-10-17(25-4)11-9-16;/h8-11H,5-7,12-15H2,1-4H3,(H,20,21);1H. The van der Waals surface area contributed by atoms with Crippen LogP contribution in [0.4, 0.5) is 0 Å². The van der Waals surface area contributed by atoms with E-state index in [4.69, 9.17) is 9.73 Å². The Morgan fingerprint density at radius 1 is 1.30 bits per heavy atom. The Labute approximate surface area is 180 Å². The van der Waals surface area contributed by atoms with E-state index < -0.39 is 14.6 Å². The van der Waals surface area contributed by atoms with Crippen molar-refractivity contribution >= 4 is 39.8 Å². The van der Waals surface area contributed by atoms with Gasteiger partial charge in [-0.05, 0) is 51.3 Å². The van der Waals surface area contributed by atoms with Crippen LogP contribution in [0.3, 0.4) is 0 Å². The molecule has 0 aromatic heterocycles. The van der Waals surface area contributed by atoms with E-state index in [0.29, 0.717) is 19.6 Å². The Balaban J connectivity index is 0.00000364. The second-order valence-electron chi connectivity index (χ2n) is 7.19. The molecular formula is C19H32IN3O3S. The molecule has 0 radical (unpaired) electrons. The maximum atomic E-state index is 12.2. The number of nitrogens with zero attached hydrogens (tertiary/aromatic N) is 2. The number of hydrogen-bond acceptors (Lipinski definition) is 4. The predicted octanol–water partition coefficient (Wildman–Crippen LogP) is 2.72. The zero-order chi connectivity index (χ0) is 19.2. The van der Waals surface area contributed by atoms with Crippen LogP contribution in [0.2, 0.25) is 0 Å². The zero-order valence-corrected chi connectivity index (χ0v) is 19.8. The molecule has 0 spiro atoms. The summed E-state index contributed by atoms with van der Waals surface area (Å²) in [5, 5.41) is 3.30. The highest BCUT2D eigenvalue weighted by molar-refractivity contribution is 14.0. The number of sulfone groups is 1. The molecule has 0 saturated carbocycles. The van der Waals surface area contributed by atoms with Crippen LogP contribution in [0.1, 0.15) is 32.8 Å². The third-order valence-corrected chi connectivity index (χ3v) is 7.26. The molecule has 1 N–H and O–H groups in total. The highest BCUT2D eigenvalue weighted by Crippen LogP contribution is 2.23. The second-order valence-corrected chi connectivity index (χ2v) is 9.93. The van der Waals surface area contributed by atoms with Gasteiger partial charge in [-0.2, -0.15) is 0 Å². The van der Waals surface area contributed by atoms with Gasteiger partial charge < -0.3 is 15.0 Å². The van der Waals surface area contributed by atoms with Gasteiger partial charge in [-0.1, -0.05) is 12.1 Å². The first-order valence-electron chi connectivity index (χ1n) is 9.17. The number of aliphatic imine (C=N–C) groups is 1. The lowest BCUT2D eigenvalue weighted by Gasteiger charge is -2.39. The molecule has 0 amide bonds. The highest BCUT2D eigenvalue weighted by Gasteiger charge is 2.40. The molecule has 27 heavy (non-hydrogen) atoms. The van der Waals surface area contributed by atoms with Gasteiger partial charge in [-0.25, -0.2) is 8.42 Å². The van der Waals surface area contributed by atoms with Crippen molar-refractivity contribution in [1.29, 1.82) is 0 Å². The molecule has 0 unspecified atom stereocenters. The average Bonchev–Trinajstić information content (AvgIpc) is 2.60. The minimum Gasteiger partial charge on any atom is -0.497 e. The number of guanidine groups is 1.